The summed E-state index contributed by atoms with van der Waals surface area (Å²) in [7, 11) is 1.00. The summed E-state index contributed by atoms with van der Waals surface area (Å²) in [6.45, 7) is 18.0. The molecule has 7 aliphatic rings. The summed E-state index contributed by atoms with van der Waals surface area (Å²) in [5, 5.41) is 62.0. The number of nitro benzene ring substituents is 2. The number of morpholine rings is 5. The Bertz CT molecular complexity index is 5040. The minimum absolute atomic E-state index is 0.0161. The lowest BCUT2D eigenvalue weighted by Crippen LogP contribution is -2.36. The molecule has 17 rings (SSSR count). The van der Waals surface area contributed by atoms with Crippen LogP contribution in [0.2, 0.25) is 5.15 Å². The first-order chi connectivity index (χ1) is 62.1. The number of halogens is 5. The molecule has 4 aromatic carbocycles. The zero-order chi connectivity index (χ0) is 92.2. The SMILES string of the molecule is C1CCOCC1.CO.N#CBr.NC1=Nc2ccccc2C1c1ccc(N2CCOCC2)nc1.Nc1ccc(N2CCOCC2)nc1.Nc1ccccc1Nc1ccc(N2CCOCC2)nc1.O=C(Cl)CCl.O=[N+]([O-])c1ccc(Cl)nc1.O=[N+]([O-])c1ccc(N2CCOCC2)nc1.O=[N+]([O-])c1ccccc1I.O=[N+]([O-])c1ccccc1Nc1ccc(N2CCOCC2)nc1. The van der Waals surface area contributed by atoms with Gasteiger partial charge in [0.1, 0.15) is 63.1 Å². The number of aliphatic hydroxyl groups excluding tert-OH is 1. The average Bonchev–Trinajstić information content (AvgIpc) is 1.64. The van der Waals surface area contributed by atoms with Gasteiger partial charge in [0, 0.05) is 132 Å². The van der Waals surface area contributed by atoms with Gasteiger partial charge < -0.3 is 85.9 Å². The monoisotopic (exact) mass is 1990 g/mol. The second-order valence-corrected chi connectivity index (χ2v) is 29.6. The van der Waals surface area contributed by atoms with Crippen LogP contribution in [0.15, 0.2) is 212 Å². The predicted molar refractivity (Wildman–Crippen MR) is 508 cm³/mol. The van der Waals surface area contributed by atoms with Crippen LogP contribution in [0.25, 0.3) is 0 Å². The van der Waals surface area contributed by atoms with Gasteiger partial charge in [0.2, 0.25) is 5.24 Å². The van der Waals surface area contributed by atoms with E-state index in [1.165, 1.54) is 55.8 Å². The number of nitrogens with zero attached hydrogens (tertiary/aromatic N) is 17. The number of aliphatic imine (C=N–C) groups is 1. The predicted octanol–water partition coefficient (Wildman–Crippen LogP) is 14.7. The van der Waals surface area contributed by atoms with Crippen LogP contribution in [0.4, 0.5) is 91.7 Å². The van der Waals surface area contributed by atoms with E-state index >= 15 is 0 Å². The fourth-order valence-electron chi connectivity index (χ4n) is 12.2. The third-order valence-corrected chi connectivity index (χ3v) is 20.2. The Labute approximate surface area is 776 Å². The number of alkyl halides is 1. The summed E-state index contributed by atoms with van der Waals surface area (Å²) in [5.41, 5.74) is 25.4. The second-order valence-electron chi connectivity index (χ2n) is 27.0. The highest BCUT2D eigenvalue weighted by atomic mass is 127. The Kier molecular flexibility index (Phi) is 47.0. The van der Waals surface area contributed by atoms with Gasteiger partial charge in [-0.05, 0) is 150 Å². The van der Waals surface area contributed by atoms with Gasteiger partial charge in [0.05, 0.1) is 154 Å². The van der Waals surface area contributed by atoms with E-state index in [0.717, 1.165) is 195 Å². The van der Waals surface area contributed by atoms with Crippen LogP contribution in [0.1, 0.15) is 36.3 Å². The molecular formula is C85H99BrCl3IN22O16. The van der Waals surface area contributed by atoms with Crippen molar-refractivity contribution in [3.8, 4) is 4.98 Å². The van der Waals surface area contributed by atoms with Crippen LogP contribution >= 0.6 is 73.3 Å². The third kappa shape index (κ3) is 36.4. The zero-order valence-electron chi connectivity index (χ0n) is 69.9. The average molecular weight is 2000 g/mol. The van der Waals surface area contributed by atoms with Gasteiger partial charge in [-0.15, -0.1) is 11.6 Å². The summed E-state index contributed by atoms with van der Waals surface area (Å²) in [4.78, 5) is 91.6. The zero-order valence-corrected chi connectivity index (χ0v) is 75.9. The van der Waals surface area contributed by atoms with E-state index in [1.807, 2.05) is 119 Å². The van der Waals surface area contributed by atoms with Gasteiger partial charge >= 0.3 is 0 Å². The molecule has 43 heteroatoms. The van der Waals surface area contributed by atoms with Crippen LogP contribution < -0.4 is 52.3 Å². The molecule has 0 spiro atoms. The van der Waals surface area contributed by atoms with E-state index in [1.54, 1.807) is 59.8 Å². The van der Waals surface area contributed by atoms with Crippen LogP contribution in [0.3, 0.4) is 0 Å². The number of aliphatic hydroxyl groups is 1. The number of hydrogen-bond acceptors (Lipinski definition) is 34. The van der Waals surface area contributed by atoms with E-state index < -0.39 is 20.0 Å². The number of nitrogens with one attached hydrogen (secondary N) is 2. The normalized spacial score (nSPS) is 15.1. The van der Waals surface area contributed by atoms with Crippen molar-refractivity contribution in [2.75, 3.05) is 204 Å². The number of nitrogen functional groups attached to an aromatic ring is 2. The third-order valence-electron chi connectivity index (χ3n) is 18.6. The number of rotatable bonds is 15. The van der Waals surface area contributed by atoms with Crippen LogP contribution in [0, 0.1) is 54.3 Å². The maximum atomic E-state index is 11.0. The van der Waals surface area contributed by atoms with Crippen molar-refractivity contribution >= 4 is 176 Å². The molecule has 38 nitrogen and oxygen atoms in total. The van der Waals surface area contributed by atoms with Gasteiger partial charge in [-0.1, -0.05) is 72.3 Å². The topological polar surface area (TPSA) is 497 Å². The number of ether oxygens (including phenoxy) is 6. The number of aromatic nitrogens is 6. The van der Waals surface area contributed by atoms with Crippen molar-refractivity contribution in [1.82, 2.24) is 29.9 Å². The van der Waals surface area contributed by atoms with E-state index in [0.29, 0.717) is 52.9 Å². The number of pyridine rings is 6. The molecule has 0 amide bonds. The molecular weight excluding hydrogens is 1900 g/mol. The van der Waals surface area contributed by atoms with Crippen LogP contribution in [-0.2, 0) is 33.2 Å². The highest BCUT2D eigenvalue weighted by Crippen LogP contribution is 2.38. The fraction of sp³-hybridized carbons (Fsp3) is 0.329. The lowest BCUT2D eigenvalue weighted by molar-refractivity contribution is -0.385. The van der Waals surface area contributed by atoms with E-state index in [2.05, 4.69) is 99.3 Å². The van der Waals surface area contributed by atoms with Gasteiger partial charge in [-0.25, -0.2) is 34.9 Å². The Hall–Kier alpha value is -12.0. The minimum atomic E-state index is -0.524. The summed E-state index contributed by atoms with van der Waals surface area (Å²) in [6, 6.07) is 50.6. The molecule has 13 heterocycles. The largest absolute Gasteiger partial charge is 0.400 e. The number of para-hydroxylation sites is 6. The van der Waals surface area contributed by atoms with Crippen LogP contribution in [-0.4, -0.2) is 224 Å². The first kappa shape index (κ1) is 103. The molecule has 10 aromatic rings. The molecule has 6 saturated heterocycles. The molecule has 0 saturated carbocycles. The number of fused-ring (bicyclic) bond motifs is 1. The summed E-state index contributed by atoms with van der Waals surface area (Å²) >= 11 is 19.3. The van der Waals surface area contributed by atoms with Gasteiger partial charge in [-0.3, -0.25) is 45.3 Å². The maximum Gasteiger partial charge on any atom is 0.292 e. The number of carbonyl (C=O) groups is 1. The lowest BCUT2D eigenvalue weighted by Gasteiger charge is -2.28. The molecule has 1 unspecified atom stereocenters. The number of benzene rings is 4. The Morgan fingerprint density at radius 1 is 0.477 bits per heavy atom. The molecule has 0 bridgehead atoms. The van der Waals surface area contributed by atoms with Gasteiger partial charge in [0.15, 0.2) is 0 Å². The molecule has 6 fully saturated rings. The van der Waals surface area contributed by atoms with E-state index in [-0.39, 0.29) is 44.6 Å². The Morgan fingerprint density at radius 2 is 0.844 bits per heavy atom. The molecule has 1 atom stereocenters. The number of nitriles is 1. The summed E-state index contributed by atoms with van der Waals surface area (Å²) in [6.07, 6.45) is 13.4. The Morgan fingerprint density at radius 3 is 1.20 bits per heavy atom. The van der Waals surface area contributed by atoms with Gasteiger partial charge in [0.25, 0.3) is 22.7 Å². The minimum Gasteiger partial charge on any atom is -0.400 e. The highest BCUT2D eigenvalue weighted by Gasteiger charge is 2.28. The lowest BCUT2D eigenvalue weighted by atomic mass is 9.93. The molecule has 680 valence electrons. The molecule has 0 aliphatic carbocycles. The summed E-state index contributed by atoms with van der Waals surface area (Å²) in [5.74, 6) is 5.18. The molecule has 7 aliphatic heterocycles. The maximum absolute atomic E-state index is 11.0. The number of carbonyl (C=O) groups excluding carboxylic acids is 1. The van der Waals surface area contributed by atoms with Crippen molar-refractivity contribution in [2.45, 2.75) is 25.2 Å². The number of nitro groups is 4. The van der Waals surface area contributed by atoms with Crippen molar-refractivity contribution in [1.29, 1.82) is 5.26 Å². The Balaban J connectivity index is 0.000000202. The van der Waals surface area contributed by atoms with Crippen molar-refractivity contribution in [2.24, 2.45) is 10.7 Å². The standard InChI is InChI=1S/C17H18N4O.C15H16N4O3.C15H18N4O.C9H11N3O3.C9H13N3O.C6H4INO2.C5H3ClN2O2.C5H10O.C2H2Cl2O.CBrN.CH4O/c18-17-16(13-3-1-2-4-14(13)20-17)12-5-6-15(19-11-12)21-7-9-22-10-8-21;20-19(21)14-4-2-1-3-13(14)17-12-5-6-15(16-11-12)18-7-9-22-10-8-18;16-13-3-1-2-4-14(13)18-12-5-6-15(17-11-12)19-7-9-20-10-8-19;13-12(14)8-1-2-9(10-7-8)11-3-5-15-6-4-11;10-8-1-2-9(11-7-8)12-3-5-13-6-4-12;7-5-3-1-2-4-6(5)8(9)10;6-5-2-1-4(3-7-5)8(9)10;1-2-4-6-5-3-1;3-1-2(4)5;2-1-3;1-2/h1-6,11,16H,7-10H2,(H2,18,20);1-6,11,17H,7-10H2;1-6,11,18H,7-10,16H2;1-2,7H,3-6H2;1-2,7H,3-6,10H2;1-4H;1-3H;1-5H2;1H2;;2H,1H3. The van der Waals surface area contributed by atoms with Crippen molar-refractivity contribution in [3.05, 3.63) is 267 Å². The molecule has 128 heavy (non-hydrogen) atoms. The first-order valence-electron chi connectivity index (χ1n) is 39.9. The number of amidine groups is 1. The smallest absolute Gasteiger partial charge is 0.292 e. The molecule has 6 aromatic heterocycles. The highest BCUT2D eigenvalue weighted by molar-refractivity contribution is 14.1. The number of nitrogens with two attached hydrogens (primary N) is 3. The van der Waals surface area contributed by atoms with Crippen LogP contribution in [0.5, 0.6) is 0 Å². The van der Waals surface area contributed by atoms with Crippen molar-refractivity contribution < 1.29 is 58.0 Å². The number of hydrogen-bond donors (Lipinski definition) is 6. The van der Waals surface area contributed by atoms with Crippen molar-refractivity contribution in [3.63, 3.8) is 0 Å². The molecule has 0 radical (unpaired) electrons. The second kappa shape index (κ2) is 58.4. The fourth-order valence-corrected chi connectivity index (χ4v) is 12.9. The summed E-state index contributed by atoms with van der Waals surface area (Å²) < 4.78 is 32.2. The quantitative estimate of drug-likeness (QED) is 0.0106. The first-order valence-corrected chi connectivity index (χ1v) is 43.1. The molecule has 9 N–H and O–H groups in total. The van der Waals surface area contributed by atoms with E-state index in [4.69, 9.17) is 90.8 Å². The van der Waals surface area contributed by atoms with Gasteiger partial charge in [-0.2, -0.15) is 5.26 Å². The van der Waals surface area contributed by atoms with E-state index in [9.17, 15) is 45.3 Å². The number of anilines is 11.